The largest absolute Gasteiger partial charge is 0.351 e. The average molecular weight is 335 g/mol. The summed E-state index contributed by atoms with van der Waals surface area (Å²) in [6.45, 7) is 5.54. The van der Waals surface area contributed by atoms with Crippen LogP contribution in [-0.2, 0) is 0 Å². The van der Waals surface area contributed by atoms with Gasteiger partial charge in [0.2, 0.25) is 0 Å². The summed E-state index contributed by atoms with van der Waals surface area (Å²) >= 11 is 1.30. The van der Waals surface area contributed by atoms with Gasteiger partial charge in [0, 0.05) is 35.8 Å². The summed E-state index contributed by atoms with van der Waals surface area (Å²) < 4.78 is 17.8. The van der Waals surface area contributed by atoms with Gasteiger partial charge in [-0.25, -0.2) is 8.76 Å². The van der Waals surface area contributed by atoms with E-state index in [1.165, 1.54) is 23.7 Å². The Balaban J connectivity index is 2.11. The van der Waals surface area contributed by atoms with Crippen LogP contribution in [0.4, 0.5) is 4.39 Å². The van der Waals surface area contributed by atoms with Crippen LogP contribution < -0.4 is 5.32 Å². The highest BCUT2D eigenvalue weighted by molar-refractivity contribution is 7.03. The van der Waals surface area contributed by atoms with Gasteiger partial charge in [0.1, 0.15) is 5.82 Å². The number of benzene rings is 1. The maximum atomic E-state index is 13.8. The van der Waals surface area contributed by atoms with Crippen molar-refractivity contribution in [1.29, 1.82) is 0 Å². The molecule has 0 saturated carbocycles. The van der Waals surface area contributed by atoms with Crippen LogP contribution in [0.1, 0.15) is 24.2 Å². The van der Waals surface area contributed by atoms with Crippen molar-refractivity contribution in [1.82, 2.24) is 14.6 Å². The van der Waals surface area contributed by atoms with Crippen molar-refractivity contribution >= 4 is 17.4 Å². The lowest BCUT2D eigenvalue weighted by molar-refractivity contribution is 0.0929. The van der Waals surface area contributed by atoms with Crippen molar-refractivity contribution in [2.75, 3.05) is 27.2 Å². The van der Waals surface area contributed by atoms with Gasteiger partial charge in [-0.05, 0) is 54.8 Å². The molecule has 0 fully saturated rings. The van der Waals surface area contributed by atoms with Crippen LogP contribution in [0.25, 0.3) is 11.1 Å². The number of halogens is 1. The normalized spacial score (nSPS) is 11.7. The molecule has 0 unspecified atom stereocenters. The molecule has 0 aliphatic carbocycles. The number of hydrogen-bond acceptors (Lipinski definition) is 4. The first kappa shape index (κ1) is 17.6. The molecule has 4 nitrogen and oxygen atoms in total. The molecule has 0 spiro atoms. The number of carbonyl (C=O) groups is 1. The van der Waals surface area contributed by atoms with E-state index in [0.29, 0.717) is 17.7 Å². The summed E-state index contributed by atoms with van der Waals surface area (Å²) in [6, 6.07) is 4.37. The number of rotatable bonds is 6. The summed E-state index contributed by atoms with van der Waals surface area (Å²) in [5.74, 6) is -0.688. The van der Waals surface area contributed by atoms with Gasteiger partial charge in [-0.1, -0.05) is 13.8 Å². The van der Waals surface area contributed by atoms with Gasteiger partial charge in [-0.3, -0.25) is 4.79 Å². The van der Waals surface area contributed by atoms with Crippen molar-refractivity contribution in [2.45, 2.75) is 13.8 Å². The fourth-order valence-electron chi connectivity index (χ4n) is 2.57. The Bertz CT molecular complexity index is 668. The third kappa shape index (κ3) is 5.11. The molecule has 0 bridgehead atoms. The molecular formula is C17H22FN3OS. The van der Waals surface area contributed by atoms with Crippen molar-refractivity contribution in [2.24, 2.45) is 5.41 Å². The van der Waals surface area contributed by atoms with Gasteiger partial charge >= 0.3 is 0 Å². The van der Waals surface area contributed by atoms with E-state index >= 15 is 0 Å². The second kappa shape index (κ2) is 7.19. The van der Waals surface area contributed by atoms with Crippen molar-refractivity contribution in [3.63, 3.8) is 0 Å². The molecular weight excluding hydrogens is 313 g/mol. The number of nitrogens with zero attached hydrogens (tertiary/aromatic N) is 2. The van der Waals surface area contributed by atoms with Gasteiger partial charge in [-0.2, -0.15) is 0 Å². The maximum Gasteiger partial charge on any atom is 0.251 e. The zero-order valence-electron chi connectivity index (χ0n) is 13.9. The highest BCUT2D eigenvalue weighted by atomic mass is 32.1. The molecule has 0 aliphatic rings. The van der Waals surface area contributed by atoms with E-state index in [4.69, 9.17) is 0 Å². The molecule has 6 heteroatoms. The minimum absolute atomic E-state index is 0.0629. The molecule has 0 aliphatic heterocycles. The quantitative estimate of drug-likeness (QED) is 0.881. The number of aromatic nitrogens is 1. The summed E-state index contributed by atoms with van der Waals surface area (Å²) in [5, 5.41) is 4.73. The zero-order chi connectivity index (χ0) is 17.0. The molecule has 2 aromatic rings. The Morgan fingerprint density at radius 1 is 1.30 bits per heavy atom. The average Bonchev–Trinajstić information content (AvgIpc) is 2.97. The van der Waals surface area contributed by atoms with Crippen LogP contribution in [0.5, 0.6) is 0 Å². The molecule has 23 heavy (non-hydrogen) atoms. The van der Waals surface area contributed by atoms with Crippen molar-refractivity contribution < 1.29 is 9.18 Å². The molecule has 1 N–H and O–H groups in total. The third-order valence-corrected chi connectivity index (χ3v) is 3.98. The highest BCUT2D eigenvalue weighted by Gasteiger charge is 2.20. The van der Waals surface area contributed by atoms with Gasteiger partial charge < -0.3 is 10.2 Å². The summed E-state index contributed by atoms with van der Waals surface area (Å²) in [5.41, 5.74) is 1.74. The molecule has 1 heterocycles. The molecule has 1 aromatic heterocycles. The van der Waals surface area contributed by atoms with Crippen LogP contribution in [0, 0.1) is 11.2 Å². The van der Waals surface area contributed by atoms with Gasteiger partial charge in [0.25, 0.3) is 5.91 Å². The molecule has 0 atom stereocenters. The minimum Gasteiger partial charge on any atom is -0.351 e. The van der Waals surface area contributed by atoms with Gasteiger partial charge in [0.05, 0.1) is 0 Å². The fraction of sp³-hybridized carbons (Fsp3) is 0.412. The SMILES string of the molecule is CN(C)CC(C)(C)CNC(=O)c1cc(F)cc(-c2cnsc2)c1. The standard InChI is InChI=1S/C17H22FN3OS/c1-17(2,11-21(3)4)10-19-16(22)13-5-12(6-15(18)7-13)14-8-20-23-9-14/h5-9H,10-11H2,1-4H3,(H,19,22). The number of nitrogens with one attached hydrogen (secondary N) is 1. The van der Waals surface area contributed by atoms with Crippen LogP contribution in [0.3, 0.4) is 0 Å². The summed E-state index contributed by atoms with van der Waals surface area (Å²) in [4.78, 5) is 14.4. The number of amides is 1. The van der Waals surface area contributed by atoms with E-state index in [0.717, 1.165) is 12.1 Å². The van der Waals surface area contributed by atoms with Crippen LogP contribution in [-0.4, -0.2) is 42.4 Å². The molecule has 1 amide bonds. The fourth-order valence-corrected chi connectivity index (χ4v) is 3.11. The van der Waals surface area contributed by atoms with E-state index in [-0.39, 0.29) is 11.3 Å². The van der Waals surface area contributed by atoms with Crippen LogP contribution in [0.2, 0.25) is 0 Å². The van der Waals surface area contributed by atoms with Crippen LogP contribution >= 0.6 is 11.5 Å². The van der Waals surface area contributed by atoms with E-state index in [2.05, 4.69) is 28.4 Å². The topological polar surface area (TPSA) is 45.2 Å². The van der Waals surface area contributed by atoms with Gasteiger partial charge in [0.15, 0.2) is 0 Å². The zero-order valence-corrected chi connectivity index (χ0v) is 14.7. The third-order valence-electron chi connectivity index (χ3n) is 3.40. The highest BCUT2D eigenvalue weighted by Crippen LogP contribution is 2.23. The number of hydrogen-bond donors (Lipinski definition) is 1. The molecule has 124 valence electrons. The first-order valence-electron chi connectivity index (χ1n) is 7.40. The Kier molecular flexibility index (Phi) is 5.49. The second-order valence-corrected chi connectivity index (χ2v) is 7.38. The lowest BCUT2D eigenvalue weighted by Crippen LogP contribution is -2.40. The molecule has 0 radical (unpaired) electrons. The molecule has 0 saturated heterocycles. The maximum absolute atomic E-state index is 13.8. The molecule has 1 aromatic carbocycles. The monoisotopic (exact) mass is 335 g/mol. The minimum atomic E-state index is -0.425. The lowest BCUT2D eigenvalue weighted by Gasteiger charge is -2.28. The summed E-state index contributed by atoms with van der Waals surface area (Å²) in [7, 11) is 3.99. The predicted molar refractivity (Wildman–Crippen MR) is 92.2 cm³/mol. The Morgan fingerprint density at radius 2 is 2.04 bits per heavy atom. The second-order valence-electron chi connectivity index (χ2n) is 6.73. The predicted octanol–water partition coefficient (Wildman–Crippen LogP) is 3.27. The Morgan fingerprint density at radius 3 is 2.65 bits per heavy atom. The smallest absolute Gasteiger partial charge is 0.251 e. The van der Waals surface area contributed by atoms with E-state index in [1.807, 2.05) is 19.5 Å². The first-order valence-corrected chi connectivity index (χ1v) is 8.24. The van der Waals surface area contributed by atoms with E-state index in [9.17, 15) is 9.18 Å². The van der Waals surface area contributed by atoms with E-state index < -0.39 is 5.82 Å². The van der Waals surface area contributed by atoms with Crippen LogP contribution in [0.15, 0.2) is 29.8 Å². The Hall–Kier alpha value is -1.79. The summed E-state index contributed by atoms with van der Waals surface area (Å²) in [6.07, 6.45) is 1.67. The molecule has 2 rings (SSSR count). The van der Waals surface area contributed by atoms with Crippen molar-refractivity contribution in [3.8, 4) is 11.1 Å². The Labute approximate surface area is 140 Å². The van der Waals surface area contributed by atoms with Gasteiger partial charge in [-0.15, -0.1) is 0 Å². The van der Waals surface area contributed by atoms with E-state index in [1.54, 1.807) is 12.3 Å². The first-order chi connectivity index (χ1) is 10.8. The lowest BCUT2D eigenvalue weighted by atomic mass is 9.93. The van der Waals surface area contributed by atoms with Crippen molar-refractivity contribution in [3.05, 3.63) is 41.2 Å². The number of carbonyl (C=O) groups excluding carboxylic acids is 1.